The molecule has 4 nitrogen and oxygen atoms in total. The van der Waals surface area contributed by atoms with Gasteiger partial charge in [0.05, 0.1) is 11.6 Å². The van der Waals surface area contributed by atoms with Gasteiger partial charge in [0.2, 0.25) is 0 Å². The molecule has 0 aliphatic heterocycles. The zero-order valence-corrected chi connectivity index (χ0v) is 16.0. The van der Waals surface area contributed by atoms with Gasteiger partial charge < -0.3 is 14.2 Å². The minimum atomic E-state index is -1.12. The Morgan fingerprint density at radius 1 is 0.920 bits per heavy atom. The highest BCUT2D eigenvalue weighted by Gasteiger charge is 2.42. The van der Waals surface area contributed by atoms with E-state index in [0.29, 0.717) is 0 Å². The first kappa shape index (κ1) is 19.8. The molecule has 0 bridgehead atoms. The highest BCUT2D eigenvalue weighted by Crippen LogP contribution is 2.39. The fourth-order valence-electron chi connectivity index (χ4n) is 3.53. The van der Waals surface area contributed by atoms with Gasteiger partial charge in [-0.25, -0.2) is 0 Å². The van der Waals surface area contributed by atoms with Crippen LogP contribution in [0.4, 0.5) is 0 Å². The summed E-state index contributed by atoms with van der Waals surface area (Å²) in [5, 5.41) is 2.29. The van der Waals surface area contributed by atoms with Gasteiger partial charge in [-0.15, -0.1) is 0 Å². The van der Waals surface area contributed by atoms with Gasteiger partial charge in [0.25, 0.3) is 5.97 Å². The van der Waals surface area contributed by atoms with Crippen LogP contribution in [0, 0.1) is 0 Å². The second-order valence-corrected chi connectivity index (χ2v) is 6.39. The minimum absolute atomic E-state index is 0.0970. The smallest absolute Gasteiger partial charge is 0.290 e. The topological polar surface area (TPSA) is 40.6 Å². The van der Waals surface area contributed by atoms with Crippen LogP contribution in [0.25, 0.3) is 10.8 Å². The summed E-state index contributed by atoms with van der Waals surface area (Å²) < 4.78 is 17.1. The monoisotopic (exact) mass is 345 g/mol. The van der Waals surface area contributed by atoms with Crippen LogP contribution >= 0.6 is 0 Å². The van der Waals surface area contributed by atoms with Gasteiger partial charge in [-0.1, -0.05) is 63.3 Å². The molecule has 0 saturated heterocycles. The third-order valence-electron chi connectivity index (χ3n) is 4.91. The van der Waals surface area contributed by atoms with Gasteiger partial charge in [-0.05, 0) is 17.9 Å². The van der Waals surface area contributed by atoms with Gasteiger partial charge >= 0.3 is 0 Å². The average Bonchev–Trinajstić information content (AvgIpc) is 2.67. The second kappa shape index (κ2) is 9.85. The highest BCUT2D eigenvalue weighted by atomic mass is 16.9. The summed E-state index contributed by atoms with van der Waals surface area (Å²) in [6, 6.07) is 10.3. The van der Waals surface area contributed by atoms with Crippen LogP contribution in [0.15, 0.2) is 36.5 Å². The number of methoxy groups -OCH3 is 3. The maximum absolute atomic E-state index is 5.70. The molecule has 1 heterocycles. The van der Waals surface area contributed by atoms with Crippen molar-refractivity contribution in [1.82, 2.24) is 4.98 Å². The van der Waals surface area contributed by atoms with Crippen molar-refractivity contribution in [2.45, 2.75) is 57.3 Å². The van der Waals surface area contributed by atoms with E-state index >= 15 is 0 Å². The molecule has 0 amide bonds. The van der Waals surface area contributed by atoms with E-state index in [9.17, 15) is 0 Å². The summed E-state index contributed by atoms with van der Waals surface area (Å²) in [5.41, 5.74) is 0.971. The number of fused-ring (bicyclic) bond motifs is 1. The van der Waals surface area contributed by atoms with E-state index < -0.39 is 5.97 Å². The van der Waals surface area contributed by atoms with E-state index in [0.717, 1.165) is 23.9 Å². The van der Waals surface area contributed by atoms with Crippen molar-refractivity contribution < 1.29 is 14.2 Å². The summed E-state index contributed by atoms with van der Waals surface area (Å²) in [4.78, 5) is 4.69. The second-order valence-electron chi connectivity index (χ2n) is 6.39. The fourth-order valence-corrected chi connectivity index (χ4v) is 3.53. The third kappa shape index (κ3) is 4.57. The van der Waals surface area contributed by atoms with Crippen LogP contribution in [0.3, 0.4) is 0 Å². The summed E-state index contributed by atoms with van der Waals surface area (Å²) in [5.74, 6) is -1.22. The number of hydrogen-bond donors (Lipinski definition) is 0. The molecular formula is C21H31NO3. The maximum Gasteiger partial charge on any atom is 0.290 e. The Morgan fingerprint density at radius 3 is 2.28 bits per heavy atom. The normalized spacial score (nSPS) is 13.3. The number of benzene rings is 1. The molecule has 0 N–H and O–H groups in total. The zero-order chi connectivity index (χ0) is 18.1. The quantitative estimate of drug-likeness (QED) is 0.411. The van der Waals surface area contributed by atoms with Crippen LogP contribution in [-0.4, -0.2) is 32.3 Å². The first-order valence-electron chi connectivity index (χ1n) is 9.21. The number of hydrogen-bond acceptors (Lipinski definition) is 4. The van der Waals surface area contributed by atoms with Crippen molar-refractivity contribution >= 4 is 10.8 Å². The van der Waals surface area contributed by atoms with Crippen molar-refractivity contribution in [1.29, 1.82) is 0 Å². The van der Waals surface area contributed by atoms with Gasteiger partial charge in [0.1, 0.15) is 0 Å². The summed E-state index contributed by atoms with van der Waals surface area (Å²) in [6.45, 7) is 2.23. The van der Waals surface area contributed by atoms with Gasteiger partial charge in [0.15, 0.2) is 0 Å². The Bertz CT molecular complexity index is 626. The number of ether oxygens (including phenoxy) is 3. The zero-order valence-electron chi connectivity index (χ0n) is 16.0. The lowest BCUT2D eigenvalue weighted by atomic mass is 9.91. The minimum Gasteiger partial charge on any atom is -0.330 e. The number of aromatic nitrogens is 1. The predicted octanol–water partition coefficient (Wildman–Crippen LogP) is 5.27. The fraction of sp³-hybridized carbons (Fsp3) is 0.571. The molecule has 1 aromatic carbocycles. The molecule has 0 radical (unpaired) electrons. The first-order chi connectivity index (χ1) is 12.2. The molecule has 25 heavy (non-hydrogen) atoms. The standard InChI is InChI=1S/C21H31NO3/c1-5-6-7-8-9-14-19(21(23-2,24-3)25-4)20-18-13-11-10-12-17(18)15-16-22-20/h10-13,15-16,19H,5-9,14H2,1-4H3. The molecule has 138 valence electrons. The molecule has 0 saturated carbocycles. The lowest BCUT2D eigenvalue weighted by Gasteiger charge is -2.36. The van der Waals surface area contributed by atoms with Crippen molar-refractivity contribution in [3.05, 3.63) is 42.2 Å². The number of pyridine rings is 1. The molecule has 0 spiro atoms. The average molecular weight is 345 g/mol. The van der Waals surface area contributed by atoms with Crippen molar-refractivity contribution in [2.75, 3.05) is 21.3 Å². The molecule has 1 aromatic heterocycles. The Morgan fingerprint density at radius 2 is 1.60 bits per heavy atom. The molecule has 2 rings (SSSR count). The largest absolute Gasteiger partial charge is 0.330 e. The predicted molar refractivity (Wildman–Crippen MR) is 102 cm³/mol. The lowest BCUT2D eigenvalue weighted by Crippen LogP contribution is -2.43. The van der Waals surface area contributed by atoms with E-state index in [1.165, 1.54) is 31.1 Å². The highest BCUT2D eigenvalue weighted by molar-refractivity contribution is 5.84. The molecule has 4 heteroatoms. The van der Waals surface area contributed by atoms with Crippen molar-refractivity contribution in [2.24, 2.45) is 0 Å². The Labute approximate surface area is 151 Å². The number of rotatable bonds is 11. The molecule has 1 atom stereocenters. The lowest BCUT2D eigenvalue weighted by molar-refractivity contribution is -0.365. The Kier molecular flexibility index (Phi) is 7.82. The van der Waals surface area contributed by atoms with Crippen LogP contribution in [0.5, 0.6) is 0 Å². The molecule has 0 aliphatic carbocycles. The summed E-state index contributed by atoms with van der Waals surface area (Å²) in [7, 11) is 4.88. The first-order valence-corrected chi connectivity index (χ1v) is 9.21. The Hall–Kier alpha value is -1.49. The van der Waals surface area contributed by atoms with E-state index in [1.54, 1.807) is 21.3 Å². The van der Waals surface area contributed by atoms with E-state index in [4.69, 9.17) is 19.2 Å². The molecule has 0 fully saturated rings. The summed E-state index contributed by atoms with van der Waals surface area (Å²) in [6.07, 6.45) is 8.82. The van der Waals surface area contributed by atoms with E-state index in [2.05, 4.69) is 19.1 Å². The van der Waals surface area contributed by atoms with Crippen LogP contribution in [0.1, 0.15) is 57.1 Å². The van der Waals surface area contributed by atoms with Crippen LogP contribution in [0.2, 0.25) is 0 Å². The SMILES string of the molecule is CCCCCCCC(c1nccc2ccccc12)C(OC)(OC)OC. The molecular weight excluding hydrogens is 314 g/mol. The molecule has 2 aromatic rings. The number of nitrogens with zero attached hydrogens (tertiary/aromatic N) is 1. The molecule has 1 unspecified atom stereocenters. The van der Waals surface area contributed by atoms with E-state index in [-0.39, 0.29) is 5.92 Å². The van der Waals surface area contributed by atoms with Crippen LogP contribution in [-0.2, 0) is 14.2 Å². The van der Waals surface area contributed by atoms with Crippen LogP contribution < -0.4 is 0 Å². The van der Waals surface area contributed by atoms with Crippen molar-refractivity contribution in [3.63, 3.8) is 0 Å². The van der Waals surface area contributed by atoms with Gasteiger partial charge in [-0.2, -0.15) is 0 Å². The van der Waals surface area contributed by atoms with E-state index in [1.807, 2.05) is 24.4 Å². The van der Waals surface area contributed by atoms with Gasteiger partial charge in [-0.3, -0.25) is 4.98 Å². The number of unbranched alkanes of at least 4 members (excludes halogenated alkanes) is 4. The van der Waals surface area contributed by atoms with Crippen molar-refractivity contribution in [3.8, 4) is 0 Å². The maximum atomic E-state index is 5.70. The van der Waals surface area contributed by atoms with Gasteiger partial charge in [0, 0.05) is 32.9 Å². The summed E-state index contributed by atoms with van der Waals surface area (Å²) >= 11 is 0. The third-order valence-corrected chi connectivity index (χ3v) is 4.91. The Balaban J connectivity index is 2.35. The molecule has 0 aliphatic rings.